The standard InChI is InChI=1S/C22H24N4O4/c1-14(27)25-8-10-26(11-9-25)16-6-4-15(5-7-16)21-23-18-12-17(29-2)13-19(30-3)20(18)22(28)24-21/h4-7,12-13H,8-11H2,1-3H3,(H,23,24,28). The molecule has 2 heterocycles. The molecule has 1 saturated heterocycles. The van der Waals surface area contributed by atoms with E-state index in [1.54, 1.807) is 26.2 Å². The van der Waals surface area contributed by atoms with Gasteiger partial charge in [0.25, 0.3) is 5.56 Å². The Hall–Kier alpha value is -3.55. The van der Waals surface area contributed by atoms with Gasteiger partial charge in [-0.15, -0.1) is 0 Å². The van der Waals surface area contributed by atoms with Gasteiger partial charge < -0.3 is 24.3 Å². The summed E-state index contributed by atoms with van der Waals surface area (Å²) >= 11 is 0. The minimum atomic E-state index is -0.265. The Labute approximate surface area is 174 Å². The third-order valence-corrected chi connectivity index (χ3v) is 5.43. The summed E-state index contributed by atoms with van der Waals surface area (Å²) in [5.41, 5.74) is 2.13. The largest absolute Gasteiger partial charge is 0.497 e. The van der Waals surface area contributed by atoms with Gasteiger partial charge in [-0.05, 0) is 24.3 Å². The first kappa shape index (κ1) is 19.8. The zero-order chi connectivity index (χ0) is 21.3. The van der Waals surface area contributed by atoms with Gasteiger partial charge in [0.15, 0.2) is 0 Å². The predicted molar refractivity (Wildman–Crippen MR) is 115 cm³/mol. The van der Waals surface area contributed by atoms with Gasteiger partial charge in [-0.3, -0.25) is 9.59 Å². The number of carbonyl (C=O) groups excluding carboxylic acids is 1. The van der Waals surface area contributed by atoms with Crippen molar-refractivity contribution in [3.05, 3.63) is 46.8 Å². The predicted octanol–water partition coefficient (Wildman–Crippen LogP) is 2.28. The number of H-pyrrole nitrogens is 1. The van der Waals surface area contributed by atoms with Gasteiger partial charge in [0.2, 0.25) is 5.91 Å². The Balaban J connectivity index is 1.63. The van der Waals surface area contributed by atoms with Crippen molar-refractivity contribution in [1.82, 2.24) is 14.9 Å². The van der Waals surface area contributed by atoms with Gasteiger partial charge in [-0.2, -0.15) is 0 Å². The Morgan fingerprint density at radius 3 is 2.33 bits per heavy atom. The molecular weight excluding hydrogens is 384 g/mol. The summed E-state index contributed by atoms with van der Waals surface area (Å²) in [4.78, 5) is 35.8. The van der Waals surface area contributed by atoms with Crippen LogP contribution in [0.2, 0.25) is 0 Å². The number of amides is 1. The normalized spacial score (nSPS) is 14.1. The molecule has 1 N–H and O–H groups in total. The summed E-state index contributed by atoms with van der Waals surface area (Å²) in [5, 5.41) is 0.391. The van der Waals surface area contributed by atoms with E-state index in [4.69, 9.17) is 9.47 Å². The molecule has 0 unspecified atom stereocenters. The summed E-state index contributed by atoms with van der Waals surface area (Å²) in [5.74, 6) is 1.59. The highest BCUT2D eigenvalue weighted by Gasteiger charge is 2.19. The van der Waals surface area contributed by atoms with Gasteiger partial charge in [-0.25, -0.2) is 4.98 Å². The van der Waals surface area contributed by atoms with Crippen molar-refractivity contribution in [3.63, 3.8) is 0 Å². The van der Waals surface area contributed by atoms with Crippen LogP contribution in [-0.2, 0) is 4.79 Å². The number of anilines is 1. The Morgan fingerprint density at radius 2 is 1.73 bits per heavy atom. The topological polar surface area (TPSA) is 87.8 Å². The van der Waals surface area contributed by atoms with Crippen LogP contribution in [0.4, 0.5) is 5.69 Å². The van der Waals surface area contributed by atoms with Crippen LogP contribution >= 0.6 is 0 Å². The third-order valence-electron chi connectivity index (χ3n) is 5.43. The number of ether oxygens (including phenoxy) is 2. The van der Waals surface area contributed by atoms with E-state index in [0.29, 0.717) is 28.2 Å². The molecule has 8 heteroatoms. The number of rotatable bonds is 4. The second kappa shape index (κ2) is 8.06. The molecule has 0 saturated carbocycles. The second-order valence-corrected chi connectivity index (χ2v) is 7.18. The number of aromatic amines is 1. The monoisotopic (exact) mass is 408 g/mol. The van der Waals surface area contributed by atoms with Crippen LogP contribution < -0.4 is 19.9 Å². The molecule has 1 aromatic heterocycles. The first-order valence-electron chi connectivity index (χ1n) is 9.77. The number of nitrogens with zero attached hydrogens (tertiary/aromatic N) is 3. The zero-order valence-electron chi connectivity index (χ0n) is 17.3. The van der Waals surface area contributed by atoms with Gasteiger partial charge >= 0.3 is 0 Å². The van der Waals surface area contributed by atoms with Crippen molar-refractivity contribution < 1.29 is 14.3 Å². The number of hydrogen-bond donors (Lipinski definition) is 1. The van der Waals surface area contributed by atoms with Crippen LogP contribution in [0, 0.1) is 0 Å². The maximum Gasteiger partial charge on any atom is 0.262 e. The van der Waals surface area contributed by atoms with Crippen LogP contribution in [0.15, 0.2) is 41.2 Å². The SMILES string of the molecule is COc1cc(OC)c2c(=O)[nH]c(-c3ccc(N4CCN(C(C)=O)CC4)cc3)nc2c1. The van der Waals surface area contributed by atoms with E-state index >= 15 is 0 Å². The Bertz CT molecular complexity index is 1130. The van der Waals surface area contributed by atoms with Gasteiger partial charge in [0, 0.05) is 56.5 Å². The van der Waals surface area contributed by atoms with Crippen molar-refractivity contribution >= 4 is 22.5 Å². The first-order valence-corrected chi connectivity index (χ1v) is 9.77. The molecule has 3 aromatic rings. The lowest BCUT2D eigenvalue weighted by molar-refractivity contribution is -0.129. The number of fused-ring (bicyclic) bond motifs is 1. The zero-order valence-corrected chi connectivity index (χ0v) is 17.3. The Morgan fingerprint density at radius 1 is 1.03 bits per heavy atom. The molecule has 0 bridgehead atoms. The van der Waals surface area contributed by atoms with E-state index in [1.807, 2.05) is 29.2 Å². The minimum absolute atomic E-state index is 0.115. The lowest BCUT2D eigenvalue weighted by Gasteiger charge is -2.35. The number of piperazine rings is 1. The van der Waals surface area contributed by atoms with E-state index in [0.717, 1.165) is 37.4 Å². The third kappa shape index (κ3) is 3.68. The van der Waals surface area contributed by atoms with Crippen LogP contribution in [0.1, 0.15) is 6.92 Å². The van der Waals surface area contributed by atoms with Crippen LogP contribution in [-0.4, -0.2) is 61.2 Å². The first-order chi connectivity index (χ1) is 14.5. The summed E-state index contributed by atoms with van der Waals surface area (Å²) in [6.07, 6.45) is 0. The molecule has 0 spiro atoms. The molecule has 0 aliphatic carbocycles. The van der Waals surface area contributed by atoms with Crippen LogP contribution in [0.25, 0.3) is 22.3 Å². The second-order valence-electron chi connectivity index (χ2n) is 7.18. The molecule has 1 aliphatic rings. The molecule has 30 heavy (non-hydrogen) atoms. The highest BCUT2D eigenvalue weighted by molar-refractivity contribution is 5.87. The van der Waals surface area contributed by atoms with Gasteiger partial charge in [-0.1, -0.05) is 0 Å². The fourth-order valence-corrected chi connectivity index (χ4v) is 3.74. The molecule has 0 radical (unpaired) electrons. The molecule has 1 fully saturated rings. The quantitative estimate of drug-likeness (QED) is 0.713. The Kier molecular flexibility index (Phi) is 5.31. The van der Waals surface area contributed by atoms with Crippen LogP contribution in [0.3, 0.4) is 0 Å². The number of carbonyl (C=O) groups is 1. The minimum Gasteiger partial charge on any atom is -0.497 e. The van der Waals surface area contributed by atoms with Crippen molar-refractivity contribution in [1.29, 1.82) is 0 Å². The van der Waals surface area contributed by atoms with E-state index in [9.17, 15) is 9.59 Å². The summed E-state index contributed by atoms with van der Waals surface area (Å²) < 4.78 is 10.6. The summed E-state index contributed by atoms with van der Waals surface area (Å²) in [7, 11) is 3.07. The van der Waals surface area contributed by atoms with E-state index in [-0.39, 0.29) is 11.5 Å². The van der Waals surface area contributed by atoms with Crippen molar-refractivity contribution in [2.75, 3.05) is 45.3 Å². The fraction of sp³-hybridized carbons (Fsp3) is 0.318. The van der Waals surface area contributed by atoms with E-state index in [2.05, 4.69) is 14.9 Å². The number of benzene rings is 2. The smallest absolute Gasteiger partial charge is 0.262 e. The van der Waals surface area contributed by atoms with Crippen molar-refractivity contribution in [2.45, 2.75) is 6.92 Å². The van der Waals surface area contributed by atoms with Crippen molar-refractivity contribution in [3.8, 4) is 22.9 Å². The lowest BCUT2D eigenvalue weighted by atomic mass is 10.1. The molecule has 2 aromatic carbocycles. The number of methoxy groups -OCH3 is 2. The van der Waals surface area contributed by atoms with E-state index < -0.39 is 0 Å². The molecule has 1 amide bonds. The number of aromatic nitrogens is 2. The molecule has 0 atom stereocenters. The fourth-order valence-electron chi connectivity index (χ4n) is 3.74. The van der Waals surface area contributed by atoms with E-state index in [1.165, 1.54) is 7.11 Å². The lowest BCUT2D eigenvalue weighted by Crippen LogP contribution is -2.48. The average molecular weight is 408 g/mol. The summed E-state index contributed by atoms with van der Waals surface area (Å²) in [6, 6.07) is 11.3. The maximum absolute atomic E-state index is 12.7. The molecule has 1 aliphatic heterocycles. The number of hydrogen-bond acceptors (Lipinski definition) is 6. The van der Waals surface area contributed by atoms with Crippen molar-refractivity contribution in [2.24, 2.45) is 0 Å². The number of nitrogens with one attached hydrogen (secondary N) is 1. The van der Waals surface area contributed by atoms with Gasteiger partial charge in [0.05, 0.1) is 19.7 Å². The molecule has 8 nitrogen and oxygen atoms in total. The average Bonchev–Trinajstić information content (AvgIpc) is 2.78. The van der Waals surface area contributed by atoms with Gasteiger partial charge in [0.1, 0.15) is 22.7 Å². The molecular formula is C22H24N4O4. The van der Waals surface area contributed by atoms with Crippen LogP contribution in [0.5, 0.6) is 11.5 Å². The highest BCUT2D eigenvalue weighted by Crippen LogP contribution is 2.29. The summed E-state index contributed by atoms with van der Waals surface area (Å²) in [6.45, 7) is 4.64. The molecule has 156 valence electrons. The highest BCUT2D eigenvalue weighted by atomic mass is 16.5. The molecule has 4 rings (SSSR count). The maximum atomic E-state index is 12.7.